The van der Waals surface area contributed by atoms with Crippen LogP contribution in [0.15, 0.2) is 53.2 Å². The third-order valence-electron chi connectivity index (χ3n) is 2.86. The topological polar surface area (TPSA) is 71.3 Å². The summed E-state index contributed by atoms with van der Waals surface area (Å²) in [5.41, 5.74) is 1.25. The molecule has 114 valence electrons. The summed E-state index contributed by atoms with van der Waals surface area (Å²) in [6.07, 6.45) is 4.51. The van der Waals surface area contributed by atoms with E-state index in [1.54, 1.807) is 48.7 Å². The van der Waals surface area contributed by atoms with E-state index in [-0.39, 0.29) is 17.7 Å². The van der Waals surface area contributed by atoms with Gasteiger partial charge < -0.3 is 15.1 Å². The molecule has 0 aliphatic carbocycles. The number of hydrogen-bond acceptors (Lipinski definition) is 3. The molecule has 0 aliphatic heterocycles. The van der Waals surface area contributed by atoms with Crippen LogP contribution in [-0.2, 0) is 9.59 Å². The fraction of sp³-hybridized carbons (Fsp3) is 0.176. The summed E-state index contributed by atoms with van der Waals surface area (Å²) in [5.74, 6) is 0.160. The maximum absolute atomic E-state index is 11.8. The van der Waals surface area contributed by atoms with Crippen LogP contribution in [0.5, 0.6) is 0 Å². The van der Waals surface area contributed by atoms with Gasteiger partial charge in [-0.1, -0.05) is 19.9 Å². The van der Waals surface area contributed by atoms with Gasteiger partial charge in [-0.25, -0.2) is 0 Å². The highest BCUT2D eigenvalue weighted by atomic mass is 16.3. The van der Waals surface area contributed by atoms with Crippen molar-refractivity contribution in [3.05, 3.63) is 54.5 Å². The van der Waals surface area contributed by atoms with Crippen molar-refractivity contribution in [3.63, 3.8) is 0 Å². The van der Waals surface area contributed by atoms with Crippen molar-refractivity contribution in [2.75, 3.05) is 10.6 Å². The van der Waals surface area contributed by atoms with Crippen LogP contribution in [0.2, 0.25) is 0 Å². The summed E-state index contributed by atoms with van der Waals surface area (Å²) >= 11 is 0. The lowest BCUT2D eigenvalue weighted by molar-refractivity contribution is -0.119. The zero-order valence-electron chi connectivity index (χ0n) is 12.5. The Labute approximate surface area is 129 Å². The van der Waals surface area contributed by atoms with Gasteiger partial charge in [-0.15, -0.1) is 0 Å². The van der Waals surface area contributed by atoms with Crippen LogP contribution in [0.1, 0.15) is 19.6 Å². The summed E-state index contributed by atoms with van der Waals surface area (Å²) in [6.45, 7) is 3.64. The second kappa shape index (κ2) is 7.26. The molecule has 0 atom stereocenters. The zero-order chi connectivity index (χ0) is 15.9. The van der Waals surface area contributed by atoms with Crippen LogP contribution in [0, 0.1) is 5.92 Å². The van der Waals surface area contributed by atoms with Gasteiger partial charge in [0, 0.05) is 23.4 Å². The fourth-order valence-corrected chi connectivity index (χ4v) is 1.69. The first-order valence-corrected chi connectivity index (χ1v) is 6.98. The van der Waals surface area contributed by atoms with Crippen molar-refractivity contribution in [2.24, 2.45) is 5.92 Å². The van der Waals surface area contributed by atoms with Crippen molar-refractivity contribution in [1.29, 1.82) is 0 Å². The molecule has 2 rings (SSSR count). The molecule has 22 heavy (non-hydrogen) atoms. The van der Waals surface area contributed by atoms with Gasteiger partial charge in [-0.2, -0.15) is 0 Å². The Morgan fingerprint density at radius 2 is 1.82 bits per heavy atom. The molecule has 5 nitrogen and oxygen atoms in total. The SMILES string of the molecule is CC(C)C(=O)Nc1cccc(NC(=O)/C=C/c2ccco2)c1. The molecule has 2 amide bonds. The first-order valence-electron chi connectivity index (χ1n) is 6.98. The third kappa shape index (κ3) is 4.63. The molecule has 2 aromatic rings. The number of hydrogen-bond donors (Lipinski definition) is 2. The Morgan fingerprint density at radius 1 is 1.09 bits per heavy atom. The van der Waals surface area contributed by atoms with Gasteiger partial charge in [-0.3, -0.25) is 9.59 Å². The van der Waals surface area contributed by atoms with E-state index in [0.29, 0.717) is 17.1 Å². The first kappa shape index (κ1) is 15.6. The van der Waals surface area contributed by atoms with Crippen molar-refractivity contribution < 1.29 is 14.0 Å². The minimum Gasteiger partial charge on any atom is -0.465 e. The largest absolute Gasteiger partial charge is 0.465 e. The highest BCUT2D eigenvalue weighted by molar-refractivity contribution is 6.02. The van der Waals surface area contributed by atoms with E-state index < -0.39 is 0 Å². The van der Waals surface area contributed by atoms with Crippen LogP contribution in [0.3, 0.4) is 0 Å². The molecule has 0 fully saturated rings. The molecule has 0 bridgehead atoms. The Hall–Kier alpha value is -2.82. The summed E-state index contributed by atoms with van der Waals surface area (Å²) in [4.78, 5) is 23.5. The standard InChI is InChI=1S/C17H18N2O3/c1-12(2)17(21)19-14-6-3-5-13(11-14)18-16(20)9-8-15-7-4-10-22-15/h3-12H,1-2H3,(H,18,20)(H,19,21)/b9-8+. The lowest BCUT2D eigenvalue weighted by atomic mass is 10.2. The number of furan rings is 1. The molecular formula is C17H18N2O3. The summed E-state index contributed by atoms with van der Waals surface area (Å²) in [5, 5.41) is 5.51. The molecule has 1 aromatic carbocycles. The molecular weight excluding hydrogens is 280 g/mol. The molecule has 0 spiro atoms. The van der Waals surface area contributed by atoms with Crippen molar-refractivity contribution in [1.82, 2.24) is 0 Å². The van der Waals surface area contributed by atoms with E-state index >= 15 is 0 Å². The maximum atomic E-state index is 11.8. The van der Waals surface area contributed by atoms with Gasteiger partial charge in [0.2, 0.25) is 11.8 Å². The molecule has 0 radical (unpaired) electrons. The van der Waals surface area contributed by atoms with E-state index in [0.717, 1.165) is 0 Å². The predicted molar refractivity (Wildman–Crippen MR) is 86.3 cm³/mol. The average Bonchev–Trinajstić information content (AvgIpc) is 2.98. The van der Waals surface area contributed by atoms with Crippen LogP contribution < -0.4 is 10.6 Å². The van der Waals surface area contributed by atoms with E-state index in [1.807, 2.05) is 13.8 Å². The van der Waals surface area contributed by atoms with Gasteiger partial charge in [-0.05, 0) is 36.4 Å². The third-order valence-corrected chi connectivity index (χ3v) is 2.86. The molecule has 0 unspecified atom stereocenters. The first-order chi connectivity index (χ1) is 10.5. The summed E-state index contributed by atoms with van der Waals surface area (Å²) < 4.78 is 5.11. The molecule has 0 aliphatic rings. The van der Waals surface area contributed by atoms with Gasteiger partial charge in [0.25, 0.3) is 0 Å². The van der Waals surface area contributed by atoms with E-state index in [9.17, 15) is 9.59 Å². The quantitative estimate of drug-likeness (QED) is 0.830. The number of rotatable bonds is 5. The Balaban J connectivity index is 1.98. The van der Waals surface area contributed by atoms with Gasteiger partial charge in [0.15, 0.2) is 0 Å². The van der Waals surface area contributed by atoms with Gasteiger partial charge in [0.05, 0.1) is 6.26 Å². The van der Waals surface area contributed by atoms with Crippen molar-refractivity contribution >= 4 is 29.3 Å². The summed E-state index contributed by atoms with van der Waals surface area (Å²) in [6, 6.07) is 10.5. The van der Waals surface area contributed by atoms with E-state index in [4.69, 9.17) is 4.42 Å². The predicted octanol–water partition coefficient (Wildman–Crippen LogP) is 3.53. The number of benzene rings is 1. The smallest absolute Gasteiger partial charge is 0.248 e. The van der Waals surface area contributed by atoms with Crippen LogP contribution >= 0.6 is 0 Å². The van der Waals surface area contributed by atoms with Crippen LogP contribution in [0.25, 0.3) is 6.08 Å². The molecule has 0 saturated heterocycles. The molecule has 2 N–H and O–H groups in total. The Kier molecular flexibility index (Phi) is 5.14. The van der Waals surface area contributed by atoms with Crippen LogP contribution in [-0.4, -0.2) is 11.8 Å². The van der Waals surface area contributed by atoms with Crippen LogP contribution in [0.4, 0.5) is 11.4 Å². The van der Waals surface area contributed by atoms with Crippen molar-refractivity contribution in [3.8, 4) is 0 Å². The van der Waals surface area contributed by atoms with E-state index in [2.05, 4.69) is 10.6 Å². The lowest BCUT2D eigenvalue weighted by Crippen LogP contribution is -2.17. The second-order valence-corrected chi connectivity index (χ2v) is 5.06. The second-order valence-electron chi connectivity index (χ2n) is 5.06. The highest BCUT2D eigenvalue weighted by Gasteiger charge is 2.07. The number of carbonyl (C=O) groups is 2. The zero-order valence-corrected chi connectivity index (χ0v) is 12.5. The van der Waals surface area contributed by atoms with E-state index in [1.165, 1.54) is 6.08 Å². The number of nitrogens with one attached hydrogen (secondary N) is 2. The molecule has 5 heteroatoms. The minimum absolute atomic E-state index is 0.0683. The lowest BCUT2D eigenvalue weighted by Gasteiger charge is -2.09. The number of carbonyl (C=O) groups excluding carboxylic acids is 2. The summed E-state index contributed by atoms with van der Waals surface area (Å²) in [7, 11) is 0. The molecule has 1 aromatic heterocycles. The fourth-order valence-electron chi connectivity index (χ4n) is 1.69. The van der Waals surface area contributed by atoms with Gasteiger partial charge in [0.1, 0.15) is 5.76 Å². The van der Waals surface area contributed by atoms with Crippen molar-refractivity contribution in [2.45, 2.75) is 13.8 Å². The Bertz CT molecular complexity index is 673. The average molecular weight is 298 g/mol. The highest BCUT2D eigenvalue weighted by Crippen LogP contribution is 2.16. The Morgan fingerprint density at radius 3 is 2.45 bits per heavy atom. The normalized spacial score (nSPS) is 10.9. The minimum atomic E-state index is -0.274. The number of amides is 2. The maximum Gasteiger partial charge on any atom is 0.248 e. The van der Waals surface area contributed by atoms with Gasteiger partial charge >= 0.3 is 0 Å². The monoisotopic (exact) mass is 298 g/mol. The number of anilines is 2. The molecule has 1 heterocycles. The molecule has 0 saturated carbocycles.